The average molecular weight is 494 g/mol. The molecule has 1 aliphatic carbocycles. The summed E-state index contributed by atoms with van der Waals surface area (Å²) in [5.41, 5.74) is 0. The van der Waals surface area contributed by atoms with Gasteiger partial charge in [-0.1, -0.05) is 12.8 Å². The molecule has 2 fully saturated rings. The lowest BCUT2D eigenvalue weighted by Gasteiger charge is -2.33. The number of hydrogen-bond acceptors (Lipinski definition) is 4. The van der Waals surface area contributed by atoms with Gasteiger partial charge in [0.2, 0.25) is 11.8 Å². The van der Waals surface area contributed by atoms with Gasteiger partial charge in [-0.2, -0.15) is 0 Å². The number of carbonyl (C=O) groups is 2. The standard InChI is InChI=1S/C18H34N6O2.HI/c1-19-16(25)13-24-10-8-15(9-11-24)22-18(20-12-17(26)23(2)3)21-14-6-4-5-7-14;/h14-15H,4-13H2,1-3H3,(H,19,25)(H2,20,21,22);1H. The molecule has 0 aromatic carbocycles. The summed E-state index contributed by atoms with van der Waals surface area (Å²) in [4.78, 5) is 31.6. The maximum absolute atomic E-state index is 11.9. The van der Waals surface area contributed by atoms with Crippen LogP contribution in [-0.2, 0) is 9.59 Å². The number of hydrogen-bond donors (Lipinski definition) is 3. The number of rotatable bonds is 6. The van der Waals surface area contributed by atoms with Crippen LogP contribution in [0.3, 0.4) is 0 Å². The third-order valence-corrected chi connectivity index (χ3v) is 5.14. The molecule has 1 saturated heterocycles. The molecule has 27 heavy (non-hydrogen) atoms. The quantitative estimate of drug-likeness (QED) is 0.282. The van der Waals surface area contributed by atoms with Crippen molar-refractivity contribution in [1.29, 1.82) is 0 Å². The molecule has 0 atom stereocenters. The highest BCUT2D eigenvalue weighted by molar-refractivity contribution is 14.0. The second kappa shape index (κ2) is 12.4. The van der Waals surface area contributed by atoms with E-state index in [-0.39, 0.29) is 42.3 Å². The minimum atomic E-state index is -0.00193. The number of guanidine groups is 1. The van der Waals surface area contributed by atoms with Gasteiger partial charge in [-0.3, -0.25) is 14.5 Å². The Bertz CT molecular complexity index is 500. The van der Waals surface area contributed by atoms with Crippen LogP contribution in [0.25, 0.3) is 0 Å². The van der Waals surface area contributed by atoms with Crippen molar-refractivity contribution in [2.24, 2.45) is 4.99 Å². The summed E-state index contributed by atoms with van der Waals surface area (Å²) in [5.74, 6) is 0.804. The van der Waals surface area contributed by atoms with Gasteiger partial charge in [0.05, 0.1) is 6.54 Å². The third-order valence-electron chi connectivity index (χ3n) is 5.14. The van der Waals surface area contributed by atoms with E-state index >= 15 is 0 Å². The van der Waals surface area contributed by atoms with Crippen molar-refractivity contribution < 1.29 is 9.59 Å². The highest BCUT2D eigenvalue weighted by atomic mass is 127. The fraction of sp³-hybridized carbons (Fsp3) is 0.833. The Labute approximate surface area is 179 Å². The van der Waals surface area contributed by atoms with Gasteiger partial charge in [0.15, 0.2) is 5.96 Å². The second-order valence-electron chi connectivity index (χ2n) is 7.45. The SMILES string of the molecule is CNC(=O)CN1CCC(NC(=NCC(=O)N(C)C)NC2CCCC2)CC1.I. The van der Waals surface area contributed by atoms with E-state index in [1.807, 2.05) is 0 Å². The molecule has 0 aromatic rings. The molecular weight excluding hydrogens is 459 g/mol. The summed E-state index contributed by atoms with van der Waals surface area (Å²) in [5, 5.41) is 9.68. The predicted molar refractivity (Wildman–Crippen MR) is 118 cm³/mol. The van der Waals surface area contributed by atoms with Crippen LogP contribution in [0.1, 0.15) is 38.5 Å². The largest absolute Gasteiger partial charge is 0.358 e. The zero-order valence-corrected chi connectivity index (χ0v) is 19.1. The molecule has 1 saturated carbocycles. The van der Waals surface area contributed by atoms with Crippen LogP contribution in [0, 0.1) is 0 Å². The average Bonchev–Trinajstić information content (AvgIpc) is 3.13. The smallest absolute Gasteiger partial charge is 0.243 e. The van der Waals surface area contributed by atoms with Crippen molar-refractivity contribution >= 4 is 41.8 Å². The predicted octanol–water partition coefficient (Wildman–Crippen LogP) is 0.381. The molecule has 1 heterocycles. The number of amides is 2. The van der Waals surface area contributed by atoms with Gasteiger partial charge in [-0.15, -0.1) is 24.0 Å². The first-order chi connectivity index (χ1) is 12.5. The highest BCUT2D eigenvalue weighted by Gasteiger charge is 2.23. The lowest BCUT2D eigenvalue weighted by Crippen LogP contribution is -2.51. The Balaban J connectivity index is 0.00000364. The Morgan fingerprint density at radius 2 is 1.59 bits per heavy atom. The van der Waals surface area contributed by atoms with Gasteiger partial charge in [0.25, 0.3) is 0 Å². The molecule has 2 amide bonds. The van der Waals surface area contributed by atoms with E-state index in [1.54, 1.807) is 26.0 Å². The molecule has 1 aliphatic heterocycles. The van der Waals surface area contributed by atoms with Gasteiger partial charge in [-0.25, -0.2) is 4.99 Å². The maximum Gasteiger partial charge on any atom is 0.243 e. The lowest BCUT2D eigenvalue weighted by atomic mass is 10.1. The molecule has 0 radical (unpaired) electrons. The Hall–Kier alpha value is -1.10. The number of likely N-dealkylation sites (N-methyl/N-ethyl adjacent to an activating group) is 2. The number of halogens is 1. The molecule has 0 spiro atoms. The minimum Gasteiger partial charge on any atom is -0.358 e. The van der Waals surface area contributed by atoms with Crippen LogP contribution in [0.15, 0.2) is 4.99 Å². The summed E-state index contributed by atoms with van der Waals surface area (Å²) >= 11 is 0. The van der Waals surface area contributed by atoms with Crippen molar-refractivity contribution in [3.05, 3.63) is 0 Å². The van der Waals surface area contributed by atoms with Crippen molar-refractivity contribution in [3.63, 3.8) is 0 Å². The van der Waals surface area contributed by atoms with Crippen molar-refractivity contribution in [2.75, 3.05) is 47.3 Å². The molecule has 0 bridgehead atoms. The molecule has 2 aliphatic rings. The Kier molecular flexibility index (Phi) is 11.0. The summed E-state index contributed by atoms with van der Waals surface area (Å²) < 4.78 is 0. The van der Waals surface area contributed by atoms with Crippen LogP contribution in [0.4, 0.5) is 0 Å². The van der Waals surface area contributed by atoms with E-state index in [2.05, 4.69) is 25.8 Å². The first-order valence-corrected chi connectivity index (χ1v) is 9.68. The molecule has 9 heteroatoms. The van der Waals surface area contributed by atoms with Gasteiger partial charge in [-0.05, 0) is 25.7 Å². The first-order valence-electron chi connectivity index (χ1n) is 9.68. The second-order valence-corrected chi connectivity index (χ2v) is 7.45. The number of piperidine rings is 1. The van der Waals surface area contributed by atoms with E-state index in [4.69, 9.17) is 0 Å². The highest BCUT2D eigenvalue weighted by Crippen LogP contribution is 2.17. The minimum absolute atomic E-state index is 0. The molecule has 0 unspecified atom stereocenters. The zero-order chi connectivity index (χ0) is 18.9. The van der Waals surface area contributed by atoms with Crippen molar-refractivity contribution in [1.82, 2.24) is 25.8 Å². The number of nitrogens with zero attached hydrogens (tertiary/aromatic N) is 3. The number of aliphatic imine (C=N–C) groups is 1. The van der Waals surface area contributed by atoms with E-state index in [1.165, 1.54) is 12.8 Å². The molecule has 0 aromatic heterocycles. The number of nitrogens with one attached hydrogen (secondary N) is 3. The first kappa shape index (κ1) is 23.9. The molecule has 8 nitrogen and oxygen atoms in total. The van der Waals surface area contributed by atoms with Crippen LogP contribution < -0.4 is 16.0 Å². The molecular formula is C18H35IN6O2. The van der Waals surface area contributed by atoms with E-state index in [0.29, 0.717) is 18.6 Å². The monoisotopic (exact) mass is 494 g/mol. The lowest BCUT2D eigenvalue weighted by molar-refractivity contribution is -0.127. The van der Waals surface area contributed by atoms with Crippen molar-refractivity contribution in [2.45, 2.75) is 50.6 Å². The Morgan fingerprint density at radius 3 is 2.11 bits per heavy atom. The molecule has 3 N–H and O–H groups in total. The normalized spacial score (nSPS) is 19.3. The Morgan fingerprint density at radius 1 is 1.04 bits per heavy atom. The summed E-state index contributed by atoms with van der Waals surface area (Å²) in [6.07, 6.45) is 6.74. The molecule has 156 valence electrons. The van der Waals surface area contributed by atoms with Gasteiger partial charge < -0.3 is 20.9 Å². The maximum atomic E-state index is 11.9. The fourth-order valence-corrected chi connectivity index (χ4v) is 3.40. The van der Waals surface area contributed by atoms with Crippen molar-refractivity contribution in [3.8, 4) is 0 Å². The van der Waals surface area contributed by atoms with Gasteiger partial charge in [0, 0.05) is 46.3 Å². The number of likely N-dealkylation sites (tertiary alicyclic amines) is 1. The van der Waals surface area contributed by atoms with Gasteiger partial charge in [0.1, 0.15) is 6.54 Å². The number of carbonyl (C=O) groups excluding carboxylic acids is 2. The third kappa shape index (κ3) is 8.63. The van der Waals surface area contributed by atoms with E-state index < -0.39 is 0 Å². The zero-order valence-electron chi connectivity index (χ0n) is 16.8. The summed E-state index contributed by atoms with van der Waals surface area (Å²) in [6.45, 7) is 2.39. The van der Waals surface area contributed by atoms with E-state index in [9.17, 15) is 9.59 Å². The van der Waals surface area contributed by atoms with Gasteiger partial charge >= 0.3 is 0 Å². The van der Waals surface area contributed by atoms with E-state index in [0.717, 1.165) is 44.7 Å². The van der Waals surface area contributed by atoms with Crippen LogP contribution >= 0.6 is 24.0 Å². The van der Waals surface area contributed by atoms with Crippen LogP contribution in [-0.4, -0.2) is 87.0 Å². The fourth-order valence-electron chi connectivity index (χ4n) is 3.40. The van der Waals surface area contributed by atoms with Crippen LogP contribution in [0.2, 0.25) is 0 Å². The molecule has 2 rings (SSSR count). The summed E-state index contributed by atoms with van der Waals surface area (Å²) in [6, 6.07) is 0.766. The van der Waals surface area contributed by atoms with Crippen LogP contribution in [0.5, 0.6) is 0 Å². The topological polar surface area (TPSA) is 89.1 Å². The summed E-state index contributed by atoms with van der Waals surface area (Å²) in [7, 11) is 5.16.